The van der Waals surface area contributed by atoms with Gasteiger partial charge < -0.3 is 4.90 Å². The van der Waals surface area contributed by atoms with Crippen LogP contribution < -0.4 is 9.62 Å². The van der Waals surface area contributed by atoms with Gasteiger partial charge in [0.15, 0.2) is 0 Å². The number of rotatable bonds is 4. The van der Waals surface area contributed by atoms with E-state index in [0.29, 0.717) is 12.2 Å². The Morgan fingerprint density at radius 3 is 2.77 bits per heavy atom. The summed E-state index contributed by atoms with van der Waals surface area (Å²) < 4.78 is 28.7. The van der Waals surface area contributed by atoms with Gasteiger partial charge in [0, 0.05) is 11.4 Å². The number of nitrogens with zero attached hydrogens (tertiary/aromatic N) is 1. The first-order chi connectivity index (χ1) is 12.4. The molecule has 4 rings (SSSR count). The molecular formula is C19H20N2O3S2. The summed E-state index contributed by atoms with van der Waals surface area (Å²) in [6, 6.07) is 10.7. The smallest absolute Gasteiger partial charge is 0.261 e. The second-order valence-corrected chi connectivity index (χ2v) is 9.17. The van der Waals surface area contributed by atoms with Gasteiger partial charge in [0.25, 0.3) is 10.0 Å². The van der Waals surface area contributed by atoms with Crippen molar-refractivity contribution >= 4 is 39.1 Å². The molecule has 0 fully saturated rings. The average Bonchev–Trinajstić information content (AvgIpc) is 2.88. The zero-order valence-corrected chi connectivity index (χ0v) is 16.3. The number of para-hydroxylation sites is 1. The van der Waals surface area contributed by atoms with Gasteiger partial charge in [0.1, 0.15) is 0 Å². The normalized spacial score (nSPS) is 18.8. The molecule has 1 amide bonds. The third-order valence-corrected chi connectivity index (χ3v) is 7.19. The number of anilines is 2. The predicted molar refractivity (Wildman–Crippen MR) is 105 cm³/mol. The Morgan fingerprint density at radius 1 is 1.23 bits per heavy atom. The van der Waals surface area contributed by atoms with Crippen LogP contribution in [0.5, 0.6) is 0 Å². The van der Waals surface area contributed by atoms with Crippen molar-refractivity contribution in [2.75, 3.05) is 22.4 Å². The lowest BCUT2D eigenvalue weighted by Crippen LogP contribution is -2.32. The molecule has 1 N–H and O–H groups in total. The largest absolute Gasteiger partial charge is 0.311 e. The third-order valence-electron chi connectivity index (χ3n) is 5.05. The van der Waals surface area contributed by atoms with E-state index >= 15 is 0 Å². The third kappa shape index (κ3) is 2.70. The molecule has 5 nitrogen and oxygen atoms in total. The summed E-state index contributed by atoms with van der Waals surface area (Å²) in [5, 5.41) is 0. The van der Waals surface area contributed by atoms with Crippen LogP contribution in [0.1, 0.15) is 30.4 Å². The molecule has 0 radical (unpaired) electrons. The van der Waals surface area contributed by atoms with Crippen molar-refractivity contribution in [1.82, 2.24) is 0 Å². The Hall–Kier alpha value is -1.99. The summed E-state index contributed by atoms with van der Waals surface area (Å²) in [6.45, 7) is 2.57. The number of carbonyl (C=O) groups excluding carboxylic acids is 1. The molecule has 1 unspecified atom stereocenters. The molecule has 0 saturated heterocycles. The molecule has 26 heavy (non-hydrogen) atoms. The Morgan fingerprint density at radius 2 is 2.00 bits per heavy atom. The number of aryl methyl sites for hydroxylation is 1. The van der Waals surface area contributed by atoms with Gasteiger partial charge in [0.2, 0.25) is 5.91 Å². The highest BCUT2D eigenvalue weighted by molar-refractivity contribution is 7.99. The van der Waals surface area contributed by atoms with Crippen LogP contribution in [0, 0.1) is 0 Å². The van der Waals surface area contributed by atoms with Crippen LogP contribution in [0.25, 0.3) is 0 Å². The van der Waals surface area contributed by atoms with Crippen molar-refractivity contribution in [1.29, 1.82) is 0 Å². The van der Waals surface area contributed by atoms with Crippen LogP contribution in [-0.2, 0) is 21.2 Å². The summed E-state index contributed by atoms with van der Waals surface area (Å²) in [4.78, 5) is 15.4. The quantitative estimate of drug-likeness (QED) is 0.813. The van der Waals surface area contributed by atoms with Gasteiger partial charge >= 0.3 is 0 Å². The minimum Gasteiger partial charge on any atom is -0.311 e. The zero-order chi connectivity index (χ0) is 18.5. The van der Waals surface area contributed by atoms with Crippen molar-refractivity contribution in [2.24, 2.45) is 0 Å². The lowest BCUT2D eigenvalue weighted by atomic mass is 9.97. The number of carbonyl (C=O) groups is 1. The van der Waals surface area contributed by atoms with Crippen molar-refractivity contribution in [3.8, 4) is 0 Å². The molecule has 2 aromatic rings. The highest BCUT2D eigenvalue weighted by Crippen LogP contribution is 2.44. The minimum absolute atomic E-state index is 0.0659. The maximum absolute atomic E-state index is 13.0. The molecule has 0 aliphatic carbocycles. The summed E-state index contributed by atoms with van der Waals surface area (Å²) >= 11 is 1.49. The van der Waals surface area contributed by atoms with E-state index in [0.717, 1.165) is 34.6 Å². The molecular weight excluding hydrogens is 368 g/mol. The summed E-state index contributed by atoms with van der Waals surface area (Å²) in [7, 11) is -3.73. The van der Waals surface area contributed by atoms with E-state index in [2.05, 4.69) is 4.72 Å². The van der Waals surface area contributed by atoms with Gasteiger partial charge in [0.05, 0.1) is 22.2 Å². The van der Waals surface area contributed by atoms with E-state index in [4.69, 9.17) is 0 Å². The SMILES string of the molecule is CSc1ccccc1NS(=O)(=O)c1cc2c3c(c1)C(C)C(=O)N3CCC2. The Balaban J connectivity index is 1.78. The van der Waals surface area contributed by atoms with Crippen LogP contribution in [0.4, 0.5) is 11.4 Å². The van der Waals surface area contributed by atoms with E-state index in [1.165, 1.54) is 11.8 Å². The van der Waals surface area contributed by atoms with Crippen molar-refractivity contribution in [3.63, 3.8) is 0 Å². The minimum atomic E-state index is -3.73. The first-order valence-electron chi connectivity index (χ1n) is 8.56. The molecule has 0 aromatic heterocycles. The number of thioether (sulfide) groups is 1. The fourth-order valence-corrected chi connectivity index (χ4v) is 5.54. The molecule has 136 valence electrons. The zero-order valence-electron chi connectivity index (χ0n) is 14.7. The Kier molecular flexibility index (Phi) is 4.23. The standard InChI is InChI=1S/C19H20N2O3S2/c1-12-15-11-14(10-13-6-5-9-21(18(13)15)19(12)22)26(23,24)20-16-7-3-4-8-17(16)25-2/h3-4,7-8,10-12,20H,5-6,9H2,1-2H3. The molecule has 2 aromatic carbocycles. The fourth-order valence-electron chi connectivity index (χ4n) is 3.75. The van der Waals surface area contributed by atoms with Gasteiger partial charge in [-0.25, -0.2) is 8.42 Å². The highest BCUT2D eigenvalue weighted by Gasteiger charge is 2.38. The lowest BCUT2D eigenvalue weighted by Gasteiger charge is -2.26. The second-order valence-electron chi connectivity index (χ2n) is 6.64. The molecule has 2 aliphatic rings. The molecule has 2 heterocycles. The number of sulfonamides is 1. The predicted octanol–water partition coefficient (Wildman–Crippen LogP) is 3.61. The molecule has 2 aliphatic heterocycles. The first-order valence-corrected chi connectivity index (χ1v) is 11.3. The van der Waals surface area contributed by atoms with Crippen molar-refractivity contribution in [3.05, 3.63) is 47.5 Å². The highest BCUT2D eigenvalue weighted by atomic mass is 32.2. The second kappa shape index (κ2) is 6.32. The number of hydrogen-bond acceptors (Lipinski definition) is 4. The number of benzene rings is 2. The van der Waals surface area contributed by atoms with Gasteiger partial charge in [-0.05, 0) is 61.4 Å². The van der Waals surface area contributed by atoms with E-state index in [9.17, 15) is 13.2 Å². The van der Waals surface area contributed by atoms with E-state index in [-0.39, 0.29) is 16.7 Å². The Bertz CT molecular complexity index is 1000. The molecule has 0 saturated carbocycles. The molecule has 1 atom stereocenters. The van der Waals surface area contributed by atoms with Crippen molar-refractivity contribution < 1.29 is 13.2 Å². The maximum Gasteiger partial charge on any atom is 0.261 e. The van der Waals surface area contributed by atoms with E-state index in [1.807, 2.05) is 36.3 Å². The van der Waals surface area contributed by atoms with Gasteiger partial charge in [-0.3, -0.25) is 9.52 Å². The van der Waals surface area contributed by atoms with Crippen LogP contribution >= 0.6 is 11.8 Å². The summed E-state index contributed by atoms with van der Waals surface area (Å²) in [6.07, 6.45) is 3.56. The van der Waals surface area contributed by atoms with Crippen LogP contribution in [0.2, 0.25) is 0 Å². The van der Waals surface area contributed by atoms with Gasteiger partial charge in [-0.2, -0.15) is 0 Å². The average molecular weight is 389 g/mol. The first kappa shape index (κ1) is 17.4. The van der Waals surface area contributed by atoms with Crippen molar-refractivity contribution in [2.45, 2.75) is 35.5 Å². The number of amides is 1. The van der Waals surface area contributed by atoms with E-state index in [1.54, 1.807) is 18.2 Å². The van der Waals surface area contributed by atoms with Crippen LogP contribution in [-0.4, -0.2) is 27.1 Å². The molecule has 0 bridgehead atoms. The van der Waals surface area contributed by atoms with Gasteiger partial charge in [-0.1, -0.05) is 12.1 Å². The molecule has 7 heteroatoms. The number of hydrogen-bond donors (Lipinski definition) is 1. The lowest BCUT2D eigenvalue weighted by molar-refractivity contribution is -0.119. The fraction of sp³-hybridized carbons (Fsp3) is 0.316. The molecule has 0 spiro atoms. The topological polar surface area (TPSA) is 66.5 Å². The Labute approximate surface area is 157 Å². The van der Waals surface area contributed by atoms with E-state index < -0.39 is 10.0 Å². The van der Waals surface area contributed by atoms with Crippen LogP contribution in [0.3, 0.4) is 0 Å². The number of nitrogens with one attached hydrogen (secondary N) is 1. The monoisotopic (exact) mass is 388 g/mol. The summed E-state index contributed by atoms with van der Waals surface area (Å²) in [5.74, 6) is -0.230. The maximum atomic E-state index is 13.0. The van der Waals surface area contributed by atoms with Crippen LogP contribution in [0.15, 0.2) is 46.2 Å². The summed E-state index contributed by atoms with van der Waals surface area (Å²) in [5.41, 5.74) is 3.27. The van der Waals surface area contributed by atoms with Gasteiger partial charge in [-0.15, -0.1) is 11.8 Å².